The van der Waals surface area contributed by atoms with Crippen LogP contribution in [0.1, 0.15) is 12.0 Å². The molecule has 1 saturated heterocycles. The molecule has 152 valence electrons. The molecule has 0 radical (unpaired) electrons. The zero-order chi connectivity index (χ0) is 20.4. The van der Waals surface area contributed by atoms with E-state index in [4.69, 9.17) is 0 Å². The van der Waals surface area contributed by atoms with Gasteiger partial charge in [-0.2, -0.15) is 0 Å². The fourth-order valence-corrected chi connectivity index (χ4v) is 4.83. The Morgan fingerprint density at radius 1 is 1.07 bits per heavy atom. The topological polar surface area (TPSA) is 115 Å². The van der Waals surface area contributed by atoms with E-state index in [-0.39, 0.29) is 16.2 Å². The van der Waals surface area contributed by atoms with Crippen LogP contribution in [0.2, 0.25) is 0 Å². The minimum absolute atomic E-state index is 0.00156. The summed E-state index contributed by atoms with van der Waals surface area (Å²) in [6.07, 6.45) is 0.925. The van der Waals surface area contributed by atoms with E-state index in [9.17, 15) is 18.0 Å². The molecule has 0 spiro atoms. The third-order valence-corrected chi connectivity index (χ3v) is 6.62. The van der Waals surface area contributed by atoms with Crippen molar-refractivity contribution in [3.63, 3.8) is 0 Å². The lowest BCUT2D eigenvalue weighted by Gasteiger charge is -2.16. The Morgan fingerprint density at radius 3 is 2.66 bits per heavy atom. The first-order valence-electron chi connectivity index (χ1n) is 9.43. The van der Waals surface area contributed by atoms with E-state index in [1.807, 2.05) is 18.2 Å². The van der Waals surface area contributed by atoms with Gasteiger partial charge in [0.05, 0.1) is 15.8 Å². The van der Waals surface area contributed by atoms with Crippen LogP contribution in [0.25, 0.3) is 10.9 Å². The number of nitrogens with zero attached hydrogens (tertiary/aromatic N) is 1. The molecule has 3 N–H and O–H groups in total. The molecule has 0 unspecified atom stereocenters. The summed E-state index contributed by atoms with van der Waals surface area (Å²) >= 11 is 0. The number of likely N-dealkylation sites (tertiary alicyclic amines) is 1. The van der Waals surface area contributed by atoms with Crippen molar-refractivity contribution < 1.29 is 8.42 Å². The van der Waals surface area contributed by atoms with Crippen molar-refractivity contribution in [1.82, 2.24) is 19.6 Å². The minimum Gasteiger partial charge on any atom is -0.307 e. The molecule has 1 fully saturated rings. The normalized spacial score (nSPS) is 17.7. The Kier molecular flexibility index (Phi) is 5.35. The molecular formula is C20H22N4O4S. The SMILES string of the molecule is O=c1[nH]c(=O)c2cc(S(=O)(=O)NC[C@H]3CCN(Cc4ccccc4)C3)ccc2[nH]1. The van der Waals surface area contributed by atoms with Crippen molar-refractivity contribution in [2.45, 2.75) is 17.9 Å². The number of hydrogen-bond donors (Lipinski definition) is 3. The summed E-state index contributed by atoms with van der Waals surface area (Å²) < 4.78 is 28.0. The van der Waals surface area contributed by atoms with Gasteiger partial charge in [-0.3, -0.25) is 14.7 Å². The summed E-state index contributed by atoms with van der Waals surface area (Å²) in [6, 6.07) is 14.3. The Hall–Kier alpha value is -2.75. The van der Waals surface area contributed by atoms with Gasteiger partial charge in [0.1, 0.15) is 0 Å². The highest BCUT2D eigenvalue weighted by Crippen LogP contribution is 2.19. The zero-order valence-electron chi connectivity index (χ0n) is 15.7. The van der Waals surface area contributed by atoms with Crippen molar-refractivity contribution in [2.75, 3.05) is 19.6 Å². The number of benzene rings is 2. The summed E-state index contributed by atoms with van der Waals surface area (Å²) in [5.41, 5.74) is 0.295. The second-order valence-electron chi connectivity index (χ2n) is 7.34. The maximum atomic E-state index is 12.7. The average Bonchev–Trinajstić information content (AvgIpc) is 3.14. The van der Waals surface area contributed by atoms with E-state index in [2.05, 4.69) is 31.7 Å². The fourth-order valence-electron chi connectivity index (χ4n) is 3.69. The van der Waals surface area contributed by atoms with Crippen LogP contribution in [0.15, 0.2) is 63.0 Å². The molecule has 3 aromatic rings. The molecule has 0 aliphatic carbocycles. The highest BCUT2D eigenvalue weighted by atomic mass is 32.2. The predicted molar refractivity (Wildman–Crippen MR) is 110 cm³/mol. The molecule has 0 amide bonds. The zero-order valence-corrected chi connectivity index (χ0v) is 16.5. The van der Waals surface area contributed by atoms with Gasteiger partial charge in [-0.1, -0.05) is 30.3 Å². The van der Waals surface area contributed by atoms with E-state index >= 15 is 0 Å². The first kappa shape index (κ1) is 19.6. The summed E-state index contributed by atoms with van der Waals surface area (Å²) in [5, 5.41) is 0.127. The lowest BCUT2D eigenvalue weighted by atomic mass is 10.1. The molecule has 0 saturated carbocycles. The van der Waals surface area contributed by atoms with Gasteiger partial charge in [0, 0.05) is 19.6 Å². The van der Waals surface area contributed by atoms with Crippen molar-refractivity contribution in [2.24, 2.45) is 5.92 Å². The van der Waals surface area contributed by atoms with Crippen LogP contribution in [0, 0.1) is 5.92 Å². The maximum Gasteiger partial charge on any atom is 0.326 e. The lowest BCUT2D eigenvalue weighted by molar-refractivity contribution is 0.316. The highest BCUT2D eigenvalue weighted by Gasteiger charge is 2.24. The maximum absolute atomic E-state index is 12.7. The number of sulfonamides is 1. The first-order valence-corrected chi connectivity index (χ1v) is 10.9. The van der Waals surface area contributed by atoms with Crippen LogP contribution in [-0.2, 0) is 16.6 Å². The molecule has 8 nitrogen and oxygen atoms in total. The van der Waals surface area contributed by atoms with E-state index in [1.54, 1.807) is 0 Å². The van der Waals surface area contributed by atoms with Gasteiger partial charge in [0.2, 0.25) is 10.0 Å². The standard InChI is InChI=1S/C20H22N4O4S/c25-19-17-10-16(6-7-18(17)22-20(26)23-19)29(27,28)21-11-15-8-9-24(13-15)12-14-4-2-1-3-5-14/h1-7,10,15,21H,8-9,11-13H2,(H2,22,23,25,26)/t15-/m1/s1. The molecular weight excluding hydrogens is 392 g/mol. The van der Waals surface area contributed by atoms with Gasteiger partial charge < -0.3 is 4.98 Å². The average molecular weight is 414 g/mol. The van der Waals surface area contributed by atoms with Crippen LogP contribution in [0.4, 0.5) is 0 Å². The van der Waals surface area contributed by atoms with E-state index in [1.165, 1.54) is 23.8 Å². The van der Waals surface area contributed by atoms with Gasteiger partial charge in [0.15, 0.2) is 0 Å². The largest absolute Gasteiger partial charge is 0.326 e. The summed E-state index contributed by atoms with van der Waals surface area (Å²) in [6.45, 7) is 2.96. The van der Waals surface area contributed by atoms with Gasteiger partial charge >= 0.3 is 5.69 Å². The number of nitrogens with one attached hydrogen (secondary N) is 3. The van der Waals surface area contributed by atoms with Crippen molar-refractivity contribution in [3.05, 3.63) is 74.9 Å². The molecule has 1 aliphatic rings. The molecule has 1 aliphatic heterocycles. The molecule has 0 bridgehead atoms. The van der Waals surface area contributed by atoms with Crippen LogP contribution in [-0.4, -0.2) is 42.9 Å². The van der Waals surface area contributed by atoms with E-state index < -0.39 is 21.3 Å². The van der Waals surface area contributed by atoms with Crippen molar-refractivity contribution >= 4 is 20.9 Å². The quantitative estimate of drug-likeness (QED) is 0.557. The van der Waals surface area contributed by atoms with Crippen LogP contribution in [0.3, 0.4) is 0 Å². The Morgan fingerprint density at radius 2 is 1.86 bits per heavy atom. The number of H-pyrrole nitrogens is 2. The van der Waals surface area contributed by atoms with Crippen LogP contribution < -0.4 is 16.0 Å². The van der Waals surface area contributed by atoms with Crippen LogP contribution >= 0.6 is 0 Å². The van der Waals surface area contributed by atoms with Gasteiger partial charge in [-0.15, -0.1) is 0 Å². The molecule has 9 heteroatoms. The molecule has 1 aromatic heterocycles. The molecule has 2 heterocycles. The van der Waals surface area contributed by atoms with E-state index in [0.717, 1.165) is 26.1 Å². The first-order chi connectivity index (χ1) is 13.9. The second-order valence-corrected chi connectivity index (χ2v) is 9.11. The summed E-state index contributed by atoms with van der Waals surface area (Å²) in [5.74, 6) is 0.230. The fraction of sp³-hybridized carbons (Fsp3) is 0.300. The van der Waals surface area contributed by atoms with Gasteiger partial charge in [0.25, 0.3) is 5.56 Å². The number of hydrogen-bond acceptors (Lipinski definition) is 5. The Balaban J connectivity index is 1.41. The minimum atomic E-state index is -3.76. The van der Waals surface area contributed by atoms with Crippen molar-refractivity contribution in [1.29, 1.82) is 0 Å². The third kappa shape index (κ3) is 4.47. The Labute approximate surface area is 167 Å². The number of aromatic amines is 2. The molecule has 2 aromatic carbocycles. The summed E-state index contributed by atoms with van der Waals surface area (Å²) in [7, 11) is -3.76. The van der Waals surface area contributed by atoms with E-state index in [0.29, 0.717) is 12.1 Å². The number of aromatic nitrogens is 2. The second kappa shape index (κ2) is 7.94. The molecule has 4 rings (SSSR count). The van der Waals surface area contributed by atoms with Gasteiger partial charge in [-0.05, 0) is 42.6 Å². The molecule has 29 heavy (non-hydrogen) atoms. The third-order valence-electron chi connectivity index (χ3n) is 5.20. The highest BCUT2D eigenvalue weighted by molar-refractivity contribution is 7.89. The van der Waals surface area contributed by atoms with Gasteiger partial charge in [-0.25, -0.2) is 17.9 Å². The predicted octanol–water partition coefficient (Wildman–Crippen LogP) is 1.02. The smallest absolute Gasteiger partial charge is 0.307 e. The summed E-state index contributed by atoms with van der Waals surface area (Å²) in [4.78, 5) is 30.2. The van der Waals surface area contributed by atoms with Crippen LogP contribution in [0.5, 0.6) is 0 Å². The number of fused-ring (bicyclic) bond motifs is 1. The number of rotatable bonds is 6. The Bertz CT molecular complexity index is 1230. The molecule has 1 atom stereocenters. The van der Waals surface area contributed by atoms with Crippen molar-refractivity contribution in [3.8, 4) is 0 Å². The monoisotopic (exact) mass is 414 g/mol. The lowest BCUT2D eigenvalue weighted by Crippen LogP contribution is -2.31.